The number of nitrogens with zero attached hydrogens (tertiary/aromatic N) is 1. The van der Waals surface area contributed by atoms with Crippen LogP contribution in [0.2, 0.25) is 0 Å². The highest BCUT2D eigenvalue weighted by atomic mass is 16.5. The lowest BCUT2D eigenvalue weighted by atomic mass is 9.98. The maximum Gasteiger partial charge on any atom is 0.321 e. The predicted octanol–water partition coefficient (Wildman–Crippen LogP) is 1.90. The number of carbonyl (C=O) groups is 1. The van der Waals surface area contributed by atoms with Gasteiger partial charge in [-0.25, -0.2) is 4.79 Å². The van der Waals surface area contributed by atoms with Crippen LogP contribution in [0.1, 0.15) is 12.8 Å². The summed E-state index contributed by atoms with van der Waals surface area (Å²) in [5.74, 6) is 1.80. The second kappa shape index (κ2) is 5.32. The summed E-state index contributed by atoms with van der Waals surface area (Å²) in [6, 6.07) is 7.62. The zero-order chi connectivity index (χ0) is 14.1. The SMILES string of the molecule is COc1cccc(NC(=O)N2CC3CCC(N)C3C2)c1. The number of likely N-dealkylation sites (tertiary alicyclic amines) is 1. The highest BCUT2D eigenvalue weighted by molar-refractivity contribution is 5.89. The van der Waals surface area contributed by atoms with Crippen molar-refractivity contribution in [3.8, 4) is 5.75 Å². The van der Waals surface area contributed by atoms with Gasteiger partial charge in [-0.05, 0) is 36.8 Å². The number of amides is 2. The molecule has 3 rings (SSSR count). The first kappa shape index (κ1) is 13.2. The van der Waals surface area contributed by atoms with Crippen LogP contribution in [-0.4, -0.2) is 37.2 Å². The predicted molar refractivity (Wildman–Crippen MR) is 77.8 cm³/mol. The molecule has 1 heterocycles. The van der Waals surface area contributed by atoms with E-state index in [-0.39, 0.29) is 12.1 Å². The molecule has 0 bridgehead atoms. The maximum atomic E-state index is 12.3. The van der Waals surface area contributed by atoms with Gasteiger partial charge in [-0.3, -0.25) is 0 Å². The third-order valence-electron chi connectivity index (χ3n) is 4.52. The van der Waals surface area contributed by atoms with E-state index in [0.29, 0.717) is 11.8 Å². The molecular formula is C15H21N3O2. The monoisotopic (exact) mass is 275 g/mol. The largest absolute Gasteiger partial charge is 0.497 e. The van der Waals surface area contributed by atoms with Crippen LogP contribution in [0.15, 0.2) is 24.3 Å². The van der Waals surface area contributed by atoms with Gasteiger partial charge >= 0.3 is 6.03 Å². The Balaban J connectivity index is 1.62. The van der Waals surface area contributed by atoms with Gasteiger partial charge in [-0.1, -0.05) is 6.07 Å². The molecule has 1 aliphatic heterocycles. The smallest absolute Gasteiger partial charge is 0.321 e. The third-order valence-corrected chi connectivity index (χ3v) is 4.52. The molecule has 3 N–H and O–H groups in total. The number of rotatable bonds is 2. The fraction of sp³-hybridized carbons (Fsp3) is 0.533. The molecule has 2 aliphatic rings. The first-order valence-corrected chi connectivity index (χ1v) is 7.13. The molecule has 1 saturated carbocycles. The molecule has 0 aromatic heterocycles. The van der Waals surface area contributed by atoms with Gasteiger partial charge in [-0.15, -0.1) is 0 Å². The van der Waals surface area contributed by atoms with Crippen LogP contribution in [0.3, 0.4) is 0 Å². The molecule has 20 heavy (non-hydrogen) atoms. The number of nitrogens with two attached hydrogens (primary N) is 1. The van der Waals surface area contributed by atoms with Crippen molar-refractivity contribution < 1.29 is 9.53 Å². The summed E-state index contributed by atoms with van der Waals surface area (Å²) in [7, 11) is 1.62. The topological polar surface area (TPSA) is 67.6 Å². The highest BCUT2D eigenvalue weighted by Crippen LogP contribution is 2.37. The Morgan fingerprint density at radius 2 is 2.25 bits per heavy atom. The molecule has 0 spiro atoms. The molecule has 5 nitrogen and oxygen atoms in total. The van der Waals surface area contributed by atoms with Crippen molar-refractivity contribution in [3.05, 3.63) is 24.3 Å². The van der Waals surface area contributed by atoms with Crippen molar-refractivity contribution in [1.82, 2.24) is 4.90 Å². The molecule has 1 aliphatic carbocycles. The van der Waals surface area contributed by atoms with Crippen LogP contribution in [0.5, 0.6) is 5.75 Å². The molecule has 2 fully saturated rings. The Labute approximate surface area is 119 Å². The van der Waals surface area contributed by atoms with Crippen LogP contribution >= 0.6 is 0 Å². The molecule has 2 amide bonds. The molecule has 5 heteroatoms. The van der Waals surface area contributed by atoms with Crippen LogP contribution in [0.25, 0.3) is 0 Å². The number of carbonyl (C=O) groups excluding carboxylic acids is 1. The van der Waals surface area contributed by atoms with E-state index in [2.05, 4.69) is 5.32 Å². The number of hydrogen-bond acceptors (Lipinski definition) is 3. The highest BCUT2D eigenvalue weighted by Gasteiger charge is 2.42. The number of benzene rings is 1. The molecule has 1 saturated heterocycles. The normalized spacial score (nSPS) is 28.3. The van der Waals surface area contributed by atoms with E-state index in [1.165, 1.54) is 0 Å². The molecule has 108 valence electrons. The van der Waals surface area contributed by atoms with Crippen molar-refractivity contribution in [2.45, 2.75) is 18.9 Å². The quantitative estimate of drug-likeness (QED) is 0.866. The van der Waals surface area contributed by atoms with Gasteiger partial charge < -0.3 is 20.7 Å². The number of methoxy groups -OCH3 is 1. The lowest BCUT2D eigenvalue weighted by Crippen LogP contribution is -2.36. The third kappa shape index (κ3) is 2.45. The van der Waals surface area contributed by atoms with Crippen LogP contribution < -0.4 is 15.8 Å². The van der Waals surface area contributed by atoms with E-state index in [1.54, 1.807) is 7.11 Å². The van der Waals surface area contributed by atoms with Gasteiger partial charge in [0.2, 0.25) is 0 Å². The average molecular weight is 275 g/mol. The van der Waals surface area contributed by atoms with Crippen molar-refractivity contribution in [1.29, 1.82) is 0 Å². The fourth-order valence-electron chi connectivity index (χ4n) is 3.38. The van der Waals surface area contributed by atoms with Gasteiger partial charge in [0, 0.05) is 30.9 Å². The fourth-order valence-corrected chi connectivity index (χ4v) is 3.38. The van der Waals surface area contributed by atoms with Crippen LogP contribution in [0, 0.1) is 11.8 Å². The minimum atomic E-state index is -0.0418. The molecular weight excluding hydrogens is 254 g/mol. The summed E-state index contributed by atoms with van der Waals surface area (Å²) in [6.45, 7) is 1.61. The maximum absolute atomic E-state index is 12.3. The molecule has 1 aromatic rings. The summed E-state index contributed by atoms with van der Waals surface area (Å²) in [4.78, 5) is 14.2. The van der Waals surface area contributed by atoms with Crippen LogP contribution in [-0.2, 0) is 0 Å². The second-order valence-corrected chi connectivity index (χ2v) is 5.73. The minimum Gasteiger partial charge on any atom is -0.497 e. The van der Waals surface area contributed by atoms with Gasteiger partial charge in [0.05, 0.1) is 7.11 Å². The lowest BCUT2D eigenvalue weighted by molar-refractivity contribution is 0.218. The van der Waals surface area contributed by atoms with E-state index in [0.717, 1.165) is 37.4 Å². The summed E-state index contributed by atoms with van der Waals surface area (Å²) in [5.41, 5.74) is 6.86. The summed E-state index contributed by atoms with van der Waals surface area (Å²) >= 11 is 0. The molecule has 3 unspecified atom stereocenters. The Hall–Kier alpha value is -1.75. The zero-order valence-corrected chi connectivity index (χ0v) is 11.7. The van der Waals surface area contributed by atoms with E-state index < -0.39 is 0 Å². The van der Waals surface area contributed by atoms with Crippen LogP contribution in [0.4, 0.5) is 10.5 Å². The molecule has 1 aromatic carbocycles. The Morgan fingerprint density at radius 3 is 3.00 bits per heavy atom. The van der Waals surface area contributed by atoms with Crippen molar-refractivity contribution in [2.75, 3.05) is 25.5 Å². The van der Waals surface area contributed by atoms with Gasteiger partial charge in [-0.2, -0.15) is 0 Å². The number of nitrogens with one attached hydrogen (secondary N) is 1. The second-order valence-electron chi connectivity index (χ2n) is 5.73. The van der Waals surface area contributed by atoms with E-state index in [9.17, 15) is 4.79 Å². The first-order chi connectivity index (χ1) is 9.67. The summed E-state index contributed by atoms with van der Waals surface area (Å²) in [6.07, 6.45) is 2.25. The molecule has 3 atom stereocenters. The molecule has 0 radical (unpaired) electrons. The summed E-state index contributed by atoms with van der Waals surface area (Å²) < 4.78 is 5.16. The van der Waals surface area contributed by atoms with Gasteiger partial charge in [0.25, 0.3) is 0 Å². The number of fused-ring (bicyclic) bond motifs is 1. The first-order valence-electron chi connectivity index (χ1n) is 7.13. The lowest BCUT2D eigenvalue weighted by Gasteiger charge is -2.19. The summed E-state index contributed by atoms with van der Waals surface area (Å²) in [5, 5.41) is 2.93. The standard InChI is InChI=1S/C15H21N3O2/c1-20-12-4-2-3-11(7-12)17-15(19)18-8-10-5-6-14(16)13(10)9-18/h2-4,7,10,13-14H,5-6,8-9,16H2,1H3,(H,17,19). The van der Waals surface area contributed by atoms with E-state index in [4.69, 9.17) is 10.5 Å². The number of ether oxygens (including phenoxy) is 1. The number of anilines is 1. The Bertz CT molecular complexity index is 506. The minimum absolute atomic E-state index is 0.0418. The van der Waals surface area contributed by atoms with Gasteiger partial charge in [0.15, 0.2) is 0 Å². The van der Waals surface area contributed by atoms with Gasteiger partial charge in [0.1, 0.15) is 5.75 Å². The van der Waals surface area contributed by atoms with Crippen molar-refractivity contribution in [2.24, 2.45) is 17.6 Å². The average Bonchev–Trinajstić information content (AvgIpc) is 3.02. The van der Waals surface area contributed by atoms with E-state index >= 15 is 0 Å². The van der Waals surface area contributed by atoms with E-state index in [1.807, 2.05) is 29.2 Å². The van der Waals surface area contributed by atoms with Crippen molar-refractivity contribution >= 4 is 11.7 Å². The Morgan fingerprint density at radius 1 is 1.40 bits per heavy atom. The number of hydrogen-bond donors (Lipinski definition) is 2. The number of urea groups is 1. The Kier molecular flexibility index (Phi) is 3.53. The zero-order valence-electron chi connectivity index (χ0n) is 11.7. The van der Waals surface area contributed by atoms with Crippen molar-refractivity contribution in [3.63, 3.8) is 0 Å².